The van der Waals surface area contributed by atoms with Crippen molar-refractivity contribution in [1.29, 1.82) is 0 Å². The summed E-state index contributed by atoms with van der Waals surface area (Å²) in [6, 6.07) is 2.83. The quantitative estimate of drug-likeness (QED) is 0.779. The maximum Gasteiger partial charge on any atom is 0.268 e. The van der Waals surface area contributed by atoms with Crippen molar-refractivity contribution in [2.24, 2.45) is 0 Å². The number of unbranched alkanes of at least 4 members (excludes halogenated alkanes) is 2. The Balaban J connectivity index is 2.88. The third kappa shape index (κ3) is 3.41. The summed E-state index contributed by atoms with van der Waals surface area (Å²) in [7, 11) is -2.16. The zero-order valence-electron chi connectivity index (χ0n) is 10.1. The minimum absolute atomic E-state index is 0.195. The molecule has 0 saturated carbocycles. The average molecular weight is 258 g/mol. The molecule has 1 rings (SSSR count). The second kappa shape index (κ2) is 5.97. The topological polar surface area (TPSA) is 70.2 Å². The van der Waals surface area contributed by atoms with Crippen molar-refractivity contribution >= 4 is 10.0 Å². The van der Waals surface area contributed by atoms with Gasteiger partial charge >= 0.3 is 0 Å². The lowest BCUT2D eigenvalue weighted by molar-refractivity contribution is 0.453. The van der Waals surface area contributed by atoms with Crippen LogP contribution in [-0.4, -0.2) is 31.3 Å². The first kappa shape index (κ1) is 13.9. The molecule has 0 amide bonds. The van der Waals surface area contributed by atoms with Crippen LogP contribution < -0.4 is 5.56 Å². The first-order chi connectivity index (χ1) is 8.00. The molecule has 96 valence electrons. The third-order valence-corrected chi connectivity index (χ3v) is 4.43. The highest BCUT2D eigenvalue weighted by molar-refractivity contribution is 7.89. The van der Waals surface area contributed by atoms with Gasteiger partial charge in [0.25, 0.3) is 5.56 Å². The van der Waals surface area contributed by atoms with Gasteiger partial charge in [0.2, 0.25) is 10.0 Å². The average Bonchev–Trinajstić information content (AvgIpc) is 2.29. The Kier molecular flexibility index (Phi) is 4.89. The van der Waals surface area contributed by atoms with Crippen molar-refractivity contribution < 1.29 is 8.42 Å². The lowest BCUT2D eigenvalue weighted by Gasteiger charge is -2.16. The fourth-order valence-electron chi connectivity index (χ4n) is 1.48. The van der Waals surface area contributed by atoms with Crippen LogP contribution in [0.2, 0.25) is 0 Å². The summed E-state index contributed by atoms with van der Waals surface area (Å²) >= 11 is 0. The third-order valence-electron chi connectivity index (χ3n) is 2.55. The number of rotatable bonds is 6. The SMILES string of the molecule is CCCCCN(C)S(=O)(=O)c1ccc[nH]c1=O. The molecule has 0 spiro atoms. The van der Waals surface area contributed by atoms with Crippen LogP contribution in [0.25, 0.3) is 0 Å². The Hall–Kier alpha value is -1.14. The predicted octanol–water partition coefficient (Wildman–Crippen LogP) is 1.19. The lowest BCUT2D eigenvalue weighted by atomic mass is 10.2. The van der Waals surface area contributed by atoms with Gasteiger partial charge in [-0.3, -0.25) is 4.79 Å². The van der Waals surface area contributed by atoms with E-state index in [1.807, 2.05) is 0 Å². The summed E-state index contributed by atoms with van der Waals surface area (Å²) in [5.41, 5.74) is -0.574. The van der Waals surface area contributed by atoms with Crippen molar-refractivity contribution in [3.63, 3.8) is 0 Å². The Bertz CT molecular complexity index is 507. The van der Waals surface area contributed by atoms with Gasteiger partial charge in [0.05, 0.1) is 0 Å². The molecule has 1 aromatic heterocycles. The van der Waals surface area contributed by atoms with Gasteiger partial charge in [0.1, 0.15) is 4.90 Å². The molecule has 0 aliphatic rings. The molecule has 1 N–H and O–H groups in total. The molecule has 0 bridgehead atoms. The van der Waals surface area contributed by atoms with Crippen molar-refractivity contribution in [3.05, 3.63) is 28.7 Å². The Morgan fingerprint density at radius 1 is 1.35 bits per heavy atom. The number of nitrogens with zero attached hydrogens (tertiary/aromatic N) is 1. The van der Waals surface area contributed by atoms with Crippen LogP contribution in [0.15, 0.2) is 28.0 Å². The number of hydrogen-bond donors (Lipinski definition) is 1. The van der Waals surface area contributed by atoms with E-state index in [9.17, 15) is 13.2 Å². The van der Waals surface area contributed by atoms with Crippen LogP contribution in [-0.2, 0) is 10.0 Å². The number of sulfonamides is 1. The van der Waals surface area contributed by atoms with Crippen molar-refractivity contribution in [1.82, 2.24) is 9.29 Å². The molecule has 6 heteroatoms. The molecule has 1 heterocycles. The number of hydrogen-bond acceptors (Lipinski definition) is 3. The maximum atomic E-state index is 12.1. The fraction of sp³-hybridized carbons (Fsp3) is 0.545. The Morgan fingerprint density at radius 2 is 2.06 bits per heavy atom. The molecule has 1 aromatic rings. The molecular weight excluding hydrogens is 240 g/mol. The monoisotopic (exact) mass is 258 g/mol. The van der Waals surface area contributed by atoms with Gasteiger partial charge in [-0.05, 0) is 18.6 Å². The second-order valence-corrected chi connectivity index (χ2v) is 5.91. The summed E-state index contributed by atoms with van der Waals surface area (Å²) < 4.78 is 25.3. The van der Waals surface area contributed by atoms with E-state index in [-0.39, 0.29) is 4.90 Å². The predicted molar refractivity (Wildman–Crippen MR) is 66.4 cm³/mol. The smallest absolute Gasteiger partial charge is 0.268 e. The molecule has 0 atom stereocenters. The fourth-order valence-corrected chi connectivity index (χ4v) is 2.73. The Morgan fingerprint density at radius 3 is 2.65 bits per heavy atom. The van der Waals surface area contributed by atoms with Gasteiger partial charge in [-0.2, -0.15) is 0 Å². The molecule has 5 nitrogen and oxygen atoms in total. The highest BCUT2D eigenvalue weighted by Crippen LogP contribution is 2.10. The van der Waals surface area contributed by atoms with E-state index < -0.39 is 15.6 Å². The zero-order valence-corrected chi connectivity index (χ0v) is 11.0. The van der Waals surface area contributed by atoms with E-state index in [2.05, 4.69) is 11.9 Å². The zero-order chi connectivity index (χ0) is 12.9. The number of aromatic amines is 1. The molecule has 0 aliphatic heterocycles. The van der Waals surface area contributed by atoms with Crippen molar-refractivity contribution in [2.75, 3.05) is 13.6 Å². The molecule has 0 fully saturated rings. The van der Waals surface area contributed by atoms with Gasteiger partial charge in [0, 0.05) is 19.8 Å². The normalized spacial score (nSPS) is 11.9. The maximum absolute atomic E-state index is 12.1. The van der Waals surface area contributed by atoms with E-state index in [0.717, 1.165) is 19.3 Å². The molecule has 0 aromatic carbocycles. The van der Waals surface area contributed by atoms with E-state index in [1.165, 1.54) is 29.7 Å². The number of H-pyrrole nitrogens is 1. The van der Waals surface area contributed by atoms with Crippen LogP contribution in [0, 0.1) is 0 Å². The van der Waals surface area contributed by atoms with Crippen LogP contribution >= 0.6 is 0 Å². The first-order valence-electron chi connectivity index (χ1n) is 5.64. The minimum atomic E-state index is -3.66. The molecule has 0 radical (unpaired) electrons. The summed E-state index contributed by atoms with van der Waals surface area (Å²) in [5.74, 6) is 0. The van der Waals surface area contributed by atoms with Crippen LogP contribution in [0.3, 0.4) is 0 Å². The van der Waals surface area contributed by atoms with Crippen LogP contribution in [0.1, 0.15) is 26.2 Å². The van der Waals surface area contributed by atoms with Crippen LogP contribution in [0.4, 0.5) is 0 Å². The highest BCUT2D eigenvalue weighted by Gasteiger charge is 2.22. The number of aromatic nitrogens is 1. The standard InChI is InChI=1S/C11H18N2O3S/c1-3-4-5-9-13(2)17(15,16)10-7-6-8-12-11(10)14/h6-8H,3-5,9H2,1-2H3,(H,12,14). The van der Waals surface area contributed by atoms with E-state index >= 15 is 0 Å². The number of pyridine rings is 1. The minimum Gasteiger partial charge on any atom is -0.328 e. The van der Waals surface area contributed by atoms with Crippen molar-refractivity contribution in [3.8, 4) is 0 Å². The van der Waals surface area contributed by atoms with E-state index in [1.54, 1.807) is 0 Å². The van der Waals surface area contributed by atoms with Gasteiger partial charge < -0.3 is 4.98 Å². The molecule has 17 heavy (non-hydrogen) atoms. The van der Waals surface area contributed by atoms with E-state index in [0.29, 0.717) is 6.54 Å². The van der Waals surface area contributed by atoms with Gasteiger partial charge in [-0.1, -0.05) is 19.8 Å². The van der Waals surface area contributed by atoms with Gasteiger partial charge in [-0.15, -0.1) is 0 Å². The largest absolute Gasteiger partial charge is 0.328 e. The summed E-state index contributed by atoms with van der Waals surface area (Å²) in [4.78, 5) is 13.6. The summed E-state index contributed by atoms with van der Waals surface area (Å²) in [5, 5.41) is 0. The molecule has 0 unspecified atom stereocenters. The molecular formula is C11H18N2O3S. The lowest BCUT2D eigenvalue weighted by Crippen LogP contribution is -2.32. The number of nitrogens with one attached hydrogen (secondary N) is 1. The second-order valence-electron chi connectivity index (χ2n) is 3.90. The Labute approximate surface area is 102 Å². The molecule has 0 saturated heterocycles. The summed E-state index contributed by atoms with van der Waals surface area (Å²) in [6.07, 6.45) is 4.22. The van der Waals surface area contributed by atoms with E-state index in [4.69, 9.17) is 0 Å². The summed E-state index contributed by atoms with van der Waals surface area (Å²) in [6.45, 7) is 2.49. The van der Waals surface area contributed by atoms with Crippen molar-refractivity contribution in [2.45, 2.75) is 31.1 Å². The highest BCUT2D eigenvalue weighted by atomic mass is 32.2. The molecule has 0 aliphatic carbocycles. The first-order valence-corrected chi connectivity index (χ1v) is 7.08. The van der Waals surface area contributed by atoms with Crippen LogP contribution in [0.5, 0.6) is 0 Å². The van der Waals surface area contributed by atoms with Gasteiger partial charge in [-0.25, -0.2) is 12.7 Å². The van der Waals surface area contributed by atoms with Gasteiger partial charge in [0.15, 0.2) is 0 Å².